The van der Waals surface area contributed by atoms with Gasteiger partial charge in [0.15, 0.2) is 6.29 Å². The molecule has 1 aromatic heterocycles. The van der Waals surface area contributed by atoms with Crippen LogP contribution in [0.2, 0.25) is 0 Å². The van der Waals surface area contributed by atoms with Crippen molar-refractivity contribution in [1.29, 1.82) is 0 Å². The zero-order valence-corrected chi connectivity index (χ0v) is 11.4. The van der Waals surface area contributed by atoms with Crippen LogP contribution in [0.1, 0.15) is 32.0 Å². The maximum atomic E-state index is 11.9. The van der Waals surface area contributed by atoms with Crippen LogP contribution in [-0.4, -0.2) is 24.8 Å². The number of fused-ring (bicyclic) bond motifs is 1. The fraction of sp³-hybridized carbons (Fsp3) is 0.200. The van der Waals surface area contributed by atoms with Gasteiger partial charge in [-0.1, -0.05) is 18.2 Å². The van der Waals surface area contributed by atoms with Crippen molar-refractivity contribution in [3.63, 3.8) is 0 Å². The van der Waals surface area contributed by atoms with Crippen molar-refractivity contribution in [2.45, 2.75) is 6.29 Å². The predicted octanol–water partition coefficient (Wildman–Crippen LogP) is 2.78. The number of aliphatic imine (C=N–C) groups is 1. The molecular formula is C15H11NO3S. The van der Waals surface area contributed by atoms with E-state index in [0.717, 1.165) is 21.0 Å². The number of rotatable bonds is 2. The van der Waals surface area contributed by atoms with Crippen LogP contribution in [0, 0.1) is 0 Å². The van der Waals surface area contributed by atoms with Gasteiger partial charge in [-0.2, -0.15) is 0 Å². The van der Waals surface area contributed by atoms with Crippen molar-refractivity contribution < 1.29 is 14.3 Å². The molecule has 0 bridgehead atoms. The van der Waals surface area contributed by atoms with Gasteiger partial charge in [-0.3, -0.25) is 4.79 Å². The topological polar surface area (TPSA) is 47.9 Å². The first kappa shape index (κ1) is 12.0. The first-order valence-corrected chi connectivity index (χ1v) is 7.20. The molecule has 0 aliphatic carbocycles. The van der Waals surface area contributed by atoms with E-state index in [2.05, 4.69) is 4.99 Å². The van der Waals surface area contributed by atoms with Gasteiger partial charge < -0.3 is 9.47 Å². The molecule has 3 heterocycles. The van der Waals surface area contributed by atoms with Crippen LogP contribution in [0.5, 0.6) is 0 Å². The van der Waals surface area contributed by atoms with Crippen molar-refractivity contribution in [2.24, 2.45) is 4.99 Å². The number of hydrogen-bond acceptors (Lipinski definition) is 4. The second-order valence-corrected chi connectivity index (χ2v) is 5.70. The summed E-state index contributed by atoms with van der Waals surface area (Å²) in [4.78, 5) is 18.0. The Labute approximate surface area is 119 Å². The second-order valence-electron chi connectivity index (χ2n) is 4.59. The molecule has 2 aromatic rings. The van der Waals surface area contributed by atoms with Crippen LogP contribution in [-0.2, 0) is 9.47 Å². The lowest BCUT2D eigenvalue weighted by atomic mass is 10.1. The summed E-state index contributed by atoms with van der Waals surface area (Å²) < 4.78 is 11.0. The van der Waals surface area contributed by atoms with Crippen LogP contribution in [0.4, 0.5) is 0 Å². The Hall–Kier alpha value is -1.82. The molecule has 0 radical (unpaired) electrons. The van der Waals surface area contributed by atoms with Crippen LogP contribution in [0.15, 0.2) is 41.4 Å². The number of thiophene rings is 1. The van der Waals surface area contributed by atoms with Gasteiger partial charge in [0.2, 0.25) is 0 Å². The van der Waals surface area contributed by atoms with Crippen molar-refractivity contribution in [3.05, 3.63) is 57.3 Å². The molecular weight excluding hydrogens is 274 g/mol. The summed E-state index contributed by atoms with van der Waals surface area (Å²) in [6.45, 7) is 1.25. The number of ether oxygens (including phenoxy) is 2. The highest BCUT2D eigenvalue weighted by molar-refractivity contribution is 7.14. The smallest absolute Gasteiger partial charge is 0.278 e. The van der Waals surface area contributed by atoms with E-state index >= 15 is 0 Å². The summed E-state index contributed by atoms with van der Waals surface area (Å²) >= 11 is 1.56. The summed E-state index contributed by atoms with van der Waals surface area (Å²) in [5.41, 5.74) is 2.32. The highest BCUT2D eigenvalue weighted by atomic mass is 32.1. The molecule has 1 fully saturated rings. The fourth-order valence-electron chi connectivity index (χ4n) is 2.42. The van der Waals surface area contributed by atoms with E-state index in [1.165, 1.54) is 0 Å². The van der Waals surface area contributed by atoms with Crippen molar-refractivity contribution in [2.75, 3.05) is 13.2 Å². The van der Waals surface area contributed by atoms with Crippen LogP contribution >= 0.6 is 11.3 Å². The number of nitrogens with zero attached hydrogens (tertiary/aromatic N) is 1. The number of benzene rings is 1. The van der Waals surface area contributed by atoms with E-state index in [-0.39, 0.29) is 12.2 Å². The minimum absolute atomic E-state index is 0.168. The Morgan fingerprint density at radius 1 is 1.05 bits per heavy atom. The minimum atomic E-state index is -0.276. The molecule has 1 aromatic carbocycles. The molecule has 1 amide bonds. The van der Waals surface area contributed by atoms with Gasteiger partial charge in [-0.05, 0) is 18.2 Å². The average molecular weight is 285 g/mol. The number of carbonyl (C=O) groups excluding carboxylic acids is 1. The minimum Gasteiger partial charge on any atom is -0.345 e. The largest absolute Gasteiger partial charge is 0.345 e. The lowest BCUT2D eigenvalue weighted by molar-refractivity contribution is -0.0413. The van der Waals surface area contributed by atoms with Gasteiger partial charge in [0.25, 0.3) is 5.91 Å². The molecule has 0 N–H and O–H groups in total. The first-order valence-electron chi connectivity index (χ1n) is 6.39. The van der Waals surface area contributed by atoms with E-state index in [9.17, 15) is 4.79 Å². The third kappa shape index (κ3) is 1.83. The summed E-state index contributed by atoms with van der Waals surface area (Å²) in [7, 11) is 0. The first-order chi connectivity index (χ1) is 9.83. The molecule has 100 valence electrons. The standard InChI is InChI=1S/C15H11NO3S/c17-14-10-4-2-1-3-9(10)13(16-14)11-5-6-12(20-11)15-18-7-8-19-15/h1-6,15H,7-8H2. The monoisotopic (exact) mass is 285 g/mol. The Kier molecular flexibility index (Phi) is 2.77. The maximum Gasteiger partial charge on any atom is 0.278 e. The van der Waals surface area contributed by atoms with Crippen LogP contribution < -0.4 is 0 Å². The Bertz CT molecular complexity index is 713. The SMILES string of the molecule is O=C1N=C(c2ccc(C3OCCO3)s2)c2ccccc21. The van der Waals surface area contributed by atoms with Gasteiger partial charge in [-0.25, -0.2) is 4.99 Å². The number of carbonyl (C=O) groups is 1. The van der Waals surface area contributed by atoms with Crippen molar-refractivity contribution in [3.8, 4) is 0 Å². The van der Waals surface area contributed by atoms with Gasteiger partial charge in [0.05, 0.1) is 34.2 Å². The molecule has 0 saturated carbocycles. The van der Waals surface area contributed by atoms with Gasteiger partial charge in [0, 0.05) is 5.56 Å². The summed E-state index contributed by atoms with van der Waals surface area (Å²) in [5, 5.41) is 0. The average Bonchev–Trinajstić information content (AvgIpc) is 3.17. The lowest BCUT2D eigenvalue weighted by Gasteiger charge is -2.04. The molecule has 0 atom stereocenters. The van der Waals surface area contributed by atoms with E-state index in [1.54, 1.807) is 11.3 Å². The van der Waals surface area contributed by atoms with E-state index in [4.69, 9.17) is 9.47 Å². The van der Waals surface area contributed by atoms with Crippen LogP contribution in [0.3, 0.4) is 0 Å². The molecule has 0 unspecified atom stereocenters. The van der Waals surface area contributed by atoms with E-state index < -0.39 is 0 Å². The molecule has 4 nitrogen and oxygen atoms in total. The Morgan fingerprint density at radius 2 is 1.80 bits per heavy atom. The molecule has 2 aliphatic rings. The van der Waals surface area contributed by atoms with Crippen molar-refractivity contribution in [1.82, 2.24) is 0 Å². The van der Waals surface area contributed by atoms with E-state index in [1.807, 2.05) is 36.4 Å². The highest BCUT2D eigenvalue weighted by Gasteiger charge is 2.26. The van der Waals surface area contributed by atoms with Crippen LogP contribution in [0.25, 0.3) is 0 Å². The zero-order valence-electron chi connectivity index (χ0n) is 10.5. The summed E-state index contributed by atoms with van der Waals surface area (Å²) in [6, 6.07) is 11.5. The van der Waals surface area contributed by atoms with Gasteiger partial charge in [-0.15, -0.1) is 11.3 Å². The summed E-state index contributed by atoms with van der Waals surface area (Å²) in [5.74, 6) is -0.168. The lowest BCUT2D eigenvalue weighted by Crippen LogP contribution is -1.97. The third-order valence-corrected chi connectivity index (χ3v) is 4.45. The zero-order chi connectivity index (χ0) is 13.5. The Balaban J connectivity index is 1.72. The second kappa shape index (κ2) is 4.63. The van der Waals surface area contributed by atoms with E-state index in [0.29, 0.717) is 18.8 Å². The molecule has 4 rings (SSSR count). The molecule has 5 heteroatoms. The highest BCUT2D eigenvalue weighted by Crippen LogP contribution is 2.32. The summed E-state index contributed by atoms with van der Waals surface area (Å²) in [6.07, 6.45) is -0.276. The van der Waals surface area contributed by atoms with Crippen molar-refractivity contribution >= 4 is 23.0 Å². The quantitative estimate of drug-likeness (QED) is 0.852. The fourth-order valence-corrected chi connectivity index (χ4v) is 3.43. The number of amides is 1. The molecule has 0 spiro atoms. The molecule has 20 heavy (non-hydrogen) atoms. The normalized spacial score (nSPS) is 18.4. The van der Waals surface area contributed by atoms with Gasteiger partial charge >= 0.3 is 0 Å². The Morgan fingerprint density at radius 3 is 2.60 bits per heavy atom. The molecule has 1 saturated heterocycles. The molecule has 2 aliphatic heterocycles. The maximum absolute atomic E-state index is 11.9. The predicted molar refractivity (Wildman–Crippen MR) is 75.4 cm³/mol. The van der Waals surface area contributed by atoms with Gasteiger partial charge in [0.1, 0.15) is 0 Å². The third-order valence-electron chi connectivity index (χ3n) is 3.34. The number of hydrogen-bond donors (Lipinski definition) is 0.